The lowest BCUT2D eigenvalue weighted by atomic mass is 10.1. The quantitative estimate of drug-likeness (QED) is 0.282. The highest BCUT2D eigenvalue weighted by molar-refractivity contribution is 7.85. The predicted molar refractivity (Wildman–Crippen MR) is 102 cm³/mol. The van der Waals surface area contributed by atoms with Gasteiger partial charge in [0, 0.05) is 23.5 Å². The molecule has 2 aromatic rings. The summed E-state index contributed by atoms with van der Waals surface area (Å²) in [5.41, 5.74) is 0.960. The molecule has 0 fully saturated rings. The molecular weight excluding hydrogens is 390 g/mol. The molecule has 0 atom stereocenters. The molecule has 3 N–H and O–H groups in total. The fourth-order valence-electron chi connectivity index (χ4n) is 2.16. The van der Waals surface area contributed by atoms with Gasteiger partial charge < -0.3 is 10.6 Å². The average Bonchev–Trinajstić information content (AvgIpc) is 2.61. The lowest BCUT2D eigenvalue weighted by Gasteiger charge is -2.06. The number of nitrogens with one attached hydrogen (secondary N) is 2. The highest BCUT2D eigenvalue weighted by atomic mass is 35.5. The number of nitriles is 1. The molecule has 0 heterocycles. The molecule has 2 aromatic carbocycles. The summed E-state index contributed by atoms with van der Waals surface area (Å²) in [5, 5.41) is 15.1. The Morgan fingerprint density at radius 1 is 1.22 bits per heavy atom. The maximum Gasteiger partial charge on any atom is 0.294 e. The average molecular weight is 406 g/mol. The van der Waals surface area contributed by atoms with Gasteiger partial charge in [0.2, 0.25) is 0 Å². The Morgan fingerprint density at radius 2 is 1.96 bits per heavy atom. The van der Waals surface area contributed by atoms with E-state index in [0.717, 1.165) is 11.6 Å². The SMILES string of the molecule is N#C/C(=C/NCCc1cccc(Cl)c1)C(=O)Nc1cccc(S(=O)(=O)O)c1. The van der Waals surface area contributed by atoms with E-state index in [0.29, 0.717) is 18.0 Å². The van der Waals surface area contributed by atoms with E-state index in [2.05, 4.69) is 10.6 Å². The van der Waals surface area contributed by atoms with Crippen LogP contribution in [-0.4, -0.2) is 25.4 Å². The number of hydrogen-bond donors (Lipinski definition) is 3. The molecule has 0 aliphatic heterocycles. The molecule has 0 radical (unpaired) electrons. The third-order valence-electron chi connectivity index (χ3n) is 3.45. The lowest BCUT2D eigenvalue weighted by molar-refractivity contribution is -0.112. The Balaban J connectivity index is 1.97. The fourth-order valence-corrected chi connectivity index (χ4v) is 2.90. The Labute approximate surface area is 162 Å². The van der Waals surface area contributed by atoms with E-state index >= 15 is 0 Å². The van der Waals surface area contributed by atoms with Crippen molar-refractivity contribution >= 4 is 33.3 Å². The number of anilines is 1. The first-order chi connectivity index (χ1) is 12.8. The number of carbonyl (C=O) groups excluding carboxylic acids is 1. The minimum absolute atomic E-state index is 0.134. The van der Waals surface area contributed by atoms with Crippen LogP contribution in [0.3, 0.4) is 0 Å². The minimum Gasteiger partial charge on any atom is -0.389 e. The van der Waals surface area contributed by atoms with Crippen molar-refractivity contribution in [2.75, 3.05) is 11.9 Å². The summed E-state index contributed by atoms with van der Waals surface area (Å²) in [6.45, 7) is 0.483. The molecule has 0 saturated heterocycles. The molecule has 0 aliphatic rings. The summed E-state index contributed by atoms with van der Waals surface area (Å²) in [7, 11) is -4.39. The van der Waals surface area contributed by atoms with Crippen molar-refractivity contribution < 1.29 is 17.8 Å². The molecule has 0 saturated carbocycles. The van der Waals surface area contributed by atoms with Gasteiger partial charge in [-0.2, -0.15) is 13.7 Å². The van der Waals surface area contributed by atoms with Crippen molar-refractivity contribution in [1.82, 2.24) is 5.32 Å². The van der Waals surface area contributed by atoms with Crippen LogP contribution in [-0.2, 0) is 21.3 Å². The van der Waals surface area contributed by atoms with Crippen molar-refractivity contribution in [1.29, 1.82) is 5.26 Å². The highest BCUT2D eigenvalue weighted by Gasteiger charge is 2.13. The summed E-state index contributed by atoms with van der Waals surface area (Å²) >= 11 is 5.91. The summed E-state index contributed by atoms with van der Waals surface area (Å²) in [5.74, 6) is -0.708. The van der Waals surface area contributed by atoms with Gasteiger partial charge in [-0.25, -0.2) is 0 Å². The molecule has 7 nitrogen and oxygen atoms in total. The second-order valence-electron chi connectivity index (χ2n) is 5.46. The van der Waals surface area contributed by atoms with E-state index in [4.69, 9.17) is 21.4 Å². The Bertz CT molecular complexity index is 1010. The summed E-state index contributed by atoms with van der Waals surface area (Å²) in [6, 6.07) is 14.2. The summed E-state index contributed by atoms with van der Waals surface area (Å²) < 4.78 is 31.3. The second-order valence-corrected chi connectivity index (χ2v) is 7.32. The maximum absolute atomic E-state index is 12.1. The van der Waals surface area contributed by atoms with E-state index in [1.807, 2.05) is 18.2 Å². The minimum atomic E-state index is -4.39. The van der Waals surface area contributed by atoms with Gasteiger partial charge in [-0.3, -0.25) is 9.35 Å². The molecule has 2 rings (SSSR count). The number of benzene rings is 2. The molecule has 0 spiro atoms. The zero-order chi connectivity index (χ0) is 19.9. The van der Waals surface area contributed by atoms with Crippen molar-refractivity contribution in [2.45, 2.75) is 11.3 Å². The van der Waals surface area contributed by atoms with Crippen molar-refractivity contribution in [2.24, 2.45) is 0 Å². The maximum atomic E-state index is 12.1. The summed E-state index contributed by atoms with van der Waals surface area (Å²) in [6.07, 6.45) is 1.93. The van der Waals surface area contributed by atoms with Crippen LogP contribution in [0.5, 0.6) is 0 Å². The molecule has 0 bridgehead atoms. The van der Waals surface area contributed by atoms with Gasteiger partial charge in [0.15, 0.2) is 0 Å². The Morgan fingerprint density at radius 3 is 2.63 bits per heavy atom. The van der Waals surface area contributed by atoms with E-state index < -0.39 is 16.0 Å². The van der Waals surface area contributed by atoms with Crippen LogP contribution in [0.15, 0.2) is 65.2 Å². The Hall–Kier alpha value is -2.86. The largest absolute Gasteiger partial charge is 0.389 e. The lowest BCUT2D eigenvalue weighted by Crippen LogP contribution is -2.18. The number of rotatable bonds is 7. The summed E-state index contributed by atoms with van der Waals surface area (Å²) in [4.78, 5) is 11.8. The van der Waals surface area contributed by atoms with Crippen LogP contribution in [0.25, 0.3) is 0 Å². The highest BCUT2D eigenvalue weighted by Crippen LogP contribution is 2.16. The van der Waals surface area contributed by atoms with Crippen LogP contribution in [0.4, 0.5) is 5.69 Å². The van der Waals surface area contributed by atoms with Crippen LogP contribution < -0.4 is 10.6 Å². The standard InChI is InChI=1S/C18H16ClN3O4S/c19-15-4-1-3-13(9-15)7-8-21-12-14(11-20)18(23)22-16-5-2-6-17(10-16)27(24,25)26/h1-6,9-10,12,21H,7-8H2,(H,22,23)(H,24,25,26)/b14-12-. The molecular formula is C18H16ClN3O4S. The van der Waals surface area contributed by atoms with Crippen LogP contribution >= 0.6 is 11.6 Å². The third kappa shape index (κ3) is 6.42. The fraction of sp³-hybridized carbons (Fsp3) is 0.111. The van der Waals surface area contributed by atoms with Crippen LogP contribution in [0.1, 0.15) is 5.56 Å². The van der Waals surface area contributed by atoms with Gasteiger partial charge in [-0.05, 0) is 42.3 Å². The molecule has 0 aromatic heterocycles. The third-order valence-corrected chi connectivity index (χ3v) is 4.53. The smallest absolute Gasteiger partial charge is 0.294 e. The predicted octanol–water partition coefficient (Wildman–Crippen LogP) is 2.76. The second kappa shape index (κ2) is 9.19. The monoisotopic (exact) mass is 405 g/mol. The number of hydrogen-bond acceptors (Lipinski definition) is 5. The van der Waals surface area contributed by atoms with Gasteiger partial charge in [0.1, 0.15) is 11.6 Å². The van der Waals surface area contributed by atoms with Gasteiger partial charge in [-0.1, -0.05) is 29.8 Å². The van der Waals surface area contributed by atoms with E-state index in [1.165, 1.54) is 24.4 Å². The number of halogens is 1. The molecule has 9 heteroatoms. The number of amides is 1. The molecule has 0 unspecified atom stereocenters. The molecule has 0 aliphatic carbocycles. The van der Waals surface area contributed by atoms with Gasteiger partial charge >= 0.3 is 0 Å². The van der Waals surface area contributed by atoms with Crippen LogP contribution in [0, 0.1) is 11.3 Å². The zero-order valence-corrected chi connectivity index (χ0v) is 15.6. The molecule has 27 heavy (non-hydrogen) atoms. The van der Waals surface area contributed by atoms with Gasteiger partial charge in [0.05, 0.1) is 4.90 Å². The Kier molecular flexibility index (Phi) is 6.96. The topological polar surface area (TPSA) is 119 Å². The normalized spacial score (nSPS) is 11.5. The van der Waals surface area contributed by atoms with Crippen molar-refractivity contribution in [3.8, 4) is 6.07 Å². The van der Waals surface area contributed by atoms with Crippen LogP contribution in [0.2, 0.25) is 5.02 Å². The van der Waals surface area contributed by atoms with E-state index in [9.17, 15) is 13.2 Å². The molecule has 1 amide bonds. The van der Waals surface area contributed by atoms with E-state index in [1.54, 1.807) is 12.1 Å². The first-order valence-electron chi connectivity index (χ1n) is 7.76. The van der Waals surface area contributed by atoms with Gasteiger partial charge in [-0.15, -0.1) is 0 Å². The van der Waals surface area contributed by atoms with Crippen molar-refractivity contribution in [3.05, 3.63) is 70.9 Å². The first-order valence-corrected chi connectivity index (χ1v) is 9.58. The van der Waals surface area contributed by atoms with E-state index in [-0.39, 0.29) is 16.2 Å². The van der Waals surface area contributed by atoms with Crippen molar-refractivity contribution in [3.63, 3.8) is 0 Å². The molecule has 140 valence electrons. The first kappa shape index (κ1) is 20.5. The van der Waals surface area contributed by atoms with Gasteiger partial charge in [0.25, 0.3) is 16.0 Å². The number of nitrogens with zero attached hydrogens (tertiary/aromatic N) is 1. The zero-order valence-electron chi connectivity index (χ0n) is 14.0. The number of carbonyl (C=O) groups is 1.